The van der Waals surface area contributed by atoms with Gasteiger partial charge in [-0.05, 0) is 0 Å². The Hall–Kier alpha value is 0.423. The van der Waals surface area contributed by atoms with Crippen molar-refractivity contribution in [1.82, 2.24) is 0 Å². The molecule has 0 radical (unpaired) electrons. The number of halogens is 2. The Morgan fingerprint density at radius 2 is 1.00 bits per heavy atom. The van der Waals surface area contributed by atoms with E-state index in [1.54, 1.807) is 0 Å². The van der Waals surface area contributed by atoms with Crippen LogP contribution in [-0.2, 0) is 23.2 Å². The Morgan fingerprint density at radius 3 is 1.26 bits per heavy atom. The molecule has 0 aromatic heterocycles. The van der Waals surface area contributed by atoms with Crippen molar-refractivity contribution in [2.45, 2.75) is 45.8 Å². The van der Waals surface area contributed by atoms with E-state index in [-0.39, 0.29) is 24.8 Å². The molecule has 0 bridgehead atoms. The van der Waals surface area contributed by atoms with Crippen molar-refractivity contribution in [3.05, 3.63) is 48.6 Å². The fourth-order valence-electron chi connectivity index (χ4n) is 2.91. The van der Waals surface area contributed by atoms with E-state index in [1.165, 1.54) is 25.7 Å². The molecular formula is C16H22Cl2Zr. The molecule has 0 amide bonds. The topological polar surface area (TPSA) is 0 Å². The van der Waals surface area contributed by atoms with Crippen LogP contribution in [0.4, 0.5) is 0 Å². The summed E-state index contributed by atoms with van der Waals surface area (Å²) >= 11 is -0.545. The minimum atomic E-state index is -0.545. The zero-order valence-corrected chi connectivity index (χ0v) is 15.7. The molecule has 0 spiro atoms. The van der Waals surface area contributed by atoms with Crippen molar-refractivity contribution in [3.8, 4) is 0 Å². The van der Waals surface area contributed by atoms with Crippen LogP contribution in [0, 0.1) is 0 Å². The molecular weight excluding hydrogens is 354 g/mol. The molecule has 0 aliphatic heterocycles. The normalized spacial score (nSPS) is 19.9. The van der Waals surface area contributed by atoms with Crippen molar-refractivity contribution in [2.24, 2.45) is 0 Å². The molecule has 0 saturated heterocycles. The van der Waals surface area contributed by atoms with Crippen molar-refractivity contribution in [1.29, 1.82) is 0 Å². The van der Waals surface area contributed by atoms with Crippen LogP contribution in [0.1, 0.15) is 39.5 Å². The summed E-state index contributed by atoms with van der Waals surface area (Å²) < 4.78 is 0.957. The maximum Gasteiger partial charge on any atom is -1.00 e. The molecule has 104 valence electrons. The first-order valence-electron chi connectivity index (χ1n) is 6.78. The molecule has 0 fully saturated rings. The summed E-state index contributed by atoms with van der Waals surface area (Å²) in [6, 6.07) is 0. The standard InChI is InChI=1S/2C8H11.2ClH.Zr/c2*1-2-5-8-6-3-4-7-8;;;/h2*3-4,6-7H,2,5H2,1H3;2*1H;/q;;;;+2/p-2. The summed E-state index contributed by atoms with van der Waals surface area (Å²) in [6.07, 6.45) is 24.3. The molecule has 0 atom stereocenters. The average Bonchev–Trinajstić information content (AvgIpc) is 2.91. The summed E-state index contributed by atoms with van der Waals surface area (Å²) in [5.74, 6) is 0. The van der Waals surface area contributed by atoms with E-state index in [9.17, 15) is 0 Å². The largest absolute Gasteiger partial charge is 1.00 e. The molecule has 2 aliphatic rings. The predicted molar refractivity (Wildman–Crippen MR) is 71.8 cm³/mol. The van der Waals surface area contributed by atoms with Crippen LogP contribution in [-0.4, -0.2) is 0 Å². The van der Waals surface area contributed by atoms with Crippen LogP contribution in [0.5, 0.6) is 0 Å². The molecule has 0 unspecified atom stereocenters. The van der Waals surface area contributed by atoms with Gasteiger partial charge in [-0.25, -0.2) is 0 Å². The maximum atomic E-state index is 2.49. The number of hydrogen-bond donors (Lipinski definition) is 0. The van der Waals surface area contributed by atoms with Crippen LogP contribution < -0.4 is 24.8 Å². The molecule has 3 heteroatoms. The van der Waals surface area contributed by atoms with Gasteiger partial charge >= 0.3 is 118 Å². The minimum absolute atomic E-state index is 0. The van der Waals surface area contributed by atoms with Crippen LogP contribution in [0.2, 0.25) is 6.25 Å². The van der Waals surface area contributed by atoms with Crippen molar-refractivity contribution < 1.29 is 48.0 Å². The predicted octanol–water partition coefficient (Wildman–Crippen LogP) is -0.753. The molecule has 0 N–H and O–H groups in total. The molecule has 0 saturated carbocycles. The summed E-state index contributed by atoms with van der Waals surface area (Å²) in [4.78, 5) is 0. The molecule has 2 aliphatic carbocycles. The first-order valence-corrected chi connectivity index (χ1v) is 9.23. The first-order chi connectivity index (χ1) is 8.24. The summed E-state index contributed by atoms with van der Waals surface area (Å²) in [5, 5.41) is 0. The summed E-state index contributed by atoms with van der Waals surface area (Å²) in [6.45, 7) is 4.63. The second-order valence-electron chi connectivity index (χ2n) is 5.14. The fourth-order valence-corrected chi connectivity index (χ4v) is 8.64. The van der Waals surface area contributed by atoms with Crippen LogP contribution in [0.25, 0.3) is 0 Å². The van der Waals surface area contributed by atoms with Crippen LogP contribution in [0.15, 0.2) is 48.6 Å². The molecule has 0 aromatic rings. The molecule has 19 heavy (non-hydrogen) atoms. The van der Waals surface area contributed by atoms with E-state index >= 15 is 0 Å². The van der Waals surface area contributed by atoms with Gasteiger partial charge in [-0.2, -0.15) is 0 Å². The Morgan fingerprint density at radius 1 is 0.684 bits per heavy atom. The van der Waals surface area contributed by atoms with E-state index in [1.807, 2.05) is 0 Å². The van der Waals surface area contributed by atoms with Gasteiger partial charge in [0, 0.05) is 0 Å². The number of rotatable bonds is 6. The second kappa shape index (κ2) is 8.65. The first kappa shape index (κ1) is 19.4. The van der Waals surface area contributed by atoms with E-state index in [0.29, 0.717) is 6.25 Å². The van der Waals surface area contributed by atoms with Crippen LogP contribution >= 0.6 is 0 Å². The van der Waals surface area contributed by atoms with Gasteiger partial charge in [-0.15, -0.1) is 0 Å². The average molecular weight is 376 g/mol. The SMILES string of the molecule is CCC[C]1([Zr+2][C]2(CCC)C=CC=C2)C=CC=C1.[Cl-].[Cl-]. The minimum Gasteiger partial charge on any atom is -1.00 e. The Balaban J connectivity index is 0.00000162. The van der Waals surface area contributed by atoms with Gasteiger partial charge in [-0.3, -0.25) is 0 Å². The Kier molecular flexibility index (Phi) is 8.85. The van der Waals surface area contributed by atoms with E-state index in [0.717, 1.165) is 0 Å². The molecule has 0 heterocycles. The van der Waals surface area contributed by atoms with Gasteiger partial charge in [0.1, 0.15) is 0 Å². The van der Waals surface area contributed by atoms with Gasteiger partial charge in [0.15, 0.2) is 0 Å². The van der Waals surface area contributed by atoms with Crippen molar-refractivity contribution >= 4 is 0 Å². The van der Waals surface area contributed by atoms with Gasteiger partial charge in [0.05, 0.1) is 0 Å². The van der Waals surface area contributed by atoms with Gasteiger partial charge < -0.3 is 24.8 Å². The summed E-state index contributed by atoms with van der Waals surface area (Å²) in [5.41, 5.74) is 0. The maximum absolute atomic E-state index is 2.49. The van der Waals surface area contributed by atoms with Gasteiger partial charge in [-0.1, -0.05) is 0 Å². The molecule has 0 aromatic carbocycles. The van der Waals surface area contributed by atoms with Crippen molar-refractivity contribution in [2.75, 3.05) is 0 Å². The third-order valence-electron chi connectivity index (χ3n) is 3.59. The van der Waals surface area contributed by atoms with Crippen molar-refractivity contribution in [3.63, 3.8) is 0 Å². The third-order valence-corrected chi connectivity index (χ3v) is 8.75. The van der Waals surface area contributed by atoms with Crippen LogP contribution in [0.3, 0.4) is 0 Å². The van der Waals surface area contributed by atoms with Gasteiger partial charge in [0.25, 0.3) is 0 Å². The molecule has 0 nitrogen and oxygen atoms in total. The van der Waals surface area contributed by atoms with E-state index in [2.05, 4.69) is 62.5 Å². The zero-order valence-electron chi connectivity index (χ0n) is 11.7. The van der Waals surface area contributed by atoms with E-state index < -0.39 is 23.2 Å². The monoisotopic (exact) mass is 374 g/mol. The zero-order chi connectivity index (χ0) is 12.2. The van der Waals surface area contributed by atoms with Gasteiger partial charge in [0.2, 0.25) is 0 Å². The number of allylic oxidation sites excluding steroid dienone is 8. The smallest absolute Gasteiger partial charge is 1.00 e. The second-order valence-corrected chi connectivity index (χ2v) is 10.3. The summed E-state index contributed by atoms with van der Waals surface area (Å²) in [7, 11) is 0. The number of hydrogen-bond acceptors (Lipinski definition) is 0. The fraction of sp³-hybridized carbons (Fsp3) is 0.500. The Labute approximate surface area is 141 Å². The third kappa shape index (κ3) is 4.73. The Bertz CT molecular complexity index is 320. The molecule has 2 rings (SSSR count). The quantitative estimate of drug-likeness (QED) is 0.572. The van der Waals surface area contributed by atoms with E-state index in [4.69, 9.17) is 0 Å².